The number of halogens is 6. The number of nitrogens with zero attached hydrogens (tertiary/aromatic N) is 2. The van der Waals surface area contributed by atoms with Gasteiger partial charge in [0.05, 0.1) is 0 Å². The number of aliphatic carboxylic acids is 3. The standard InChI is InChI=1S/C17H23N3O2.C16H16N2O3.2C2HF3O2/c18-14-5-1-11(2-6-14)9-16(21)20-8-7-12-3-4-13(17(19)22)10-15(12)20;17-10-12-5-4-6-13(9-12)16(21)18(11-15(19)20)14-7-2-1-3-8-14;2*3-2(4,5)1(6)7/h3-4,10-11,14H,1-2,5-9,18H2,(H2,19,22);1-9H,10-11,17H2,(H,19,20);2*(H,6,7). The van der Waals surface area contributed by atoms with Crippen LogP contribution in [0, 0.1) is 5.92 Å². The van der Waals surface area contributed by atoms with E-state index in [1.165, 1.54) is 4.90 Å². The number of hydrogen-bond donors (Lipinski definition) is 6. The molecule has 1 fully saturated rings. The monoisotopic (exact) mass is 813 g/mol. The smallest absolute Gasteiger partial charge is 0.480 e. The summed E-state index contributed by atoms with van der Waals surface area (Å²) in [5.74, 6) is -6.80. The lowest BCUT2D eigenvalue weighted by Gasteiger charge is -2.27. The summed E-state index contributed by atoms with van der Waals surface area (Å²) < 4.78 is 63.5. The van der Waals surface area contributed by atoms with Gasteiger partial charge in [-0.25, -0.2) is 9.59 Å². The summed E-state index contributed by atoms with van der Waals surface area (Å²) >= 11 is 0. The van der Waals surface area contributed by atoms with E-state index in [1.54, 1.807) is 54.6 Å². The van der Waals surface area contributed by atoms with Crippen LogP contribution in [0.5, 0.6) is 0 Å². The second-order valence-electron chi connectivity index (χ2n) is 12.6. The molecule has 5 rings (SSSR count). The Hall–Kier alpha value is -6.02. The third kappa shape index (κ3) is 15.6. The van der Waals surface area contributed by atoms with Crippen molar-refractivity contribution in [3.8, 4) is 0 Å². The molecule has 0 aromatic heterocycles. The lowest BCUT2D eigenvalue weighted by atomic mass is 9.84. The summed E-state index contributed by atoms with van der Waals surface area (Å²) in [4.78, 5) is 68.4. The first-order chi connectivity index (χ1) is 26.5. The van der Waals surface area contributed by atoms with Crippen LogP contribution in [0.2, 0.25) is 0 Å². The summed E-state index contributed by atoms with van der Waals surface area (Å²) in [5.41, 5.74) is 21.0. The molecular formula is C37H41F6N5O9. The highest BCUT2D eigenvalue weighted by Gasteiger charge is 2.39. The maximum absolute atomic E-state index is 12.6. The molecule has 0 atom stereocenters. The minimum atomic E-state index is -5.08. The fraction of sp³-hybridized carbons (Fsp3) is 0.351. The normalized spacial score (nSPS) is 15.8. The molecule has 14 nitrogen and oxygen atoms in total. The first-order valence-electron chi connectivity index (χ1n) is 17.0. The molecule has 3 aromatic rings. The van der Waals surface area contributed by atoms with Crippen LogP contribution in [0.3, 0.4) is 0 Å². The van der Waals surface area contributed by atoms with Crippen molar-refractivity contribution in [3.63, 3.8) is 0 Å². The number of carbonyl (C=O) groups is 6. The zero-order valence-electron chi connectivity index (χ0n) is 30.1. The zero-order chi connectivity index (χ0) is 43.1. The number of nitrogens with two attached hydrogens (primary N) is 3. The first kappa shape index (κ1) is 47.1. The molecule has 20 heteroatoms. The largest absolute Gasteiger partial charge is 0.490 e. The summed E-state index contributed by atoms with van der Waals surface area (Å²) in [6, 6.07) is 21.3. The van der Waals surface area contributed by atoms with Crippen molar-refractivity contribution < 1.29 is 70.4 Å². The molecular weight excluding hydrogens is 772 g/mol. The highest BCUT2D eigenvalue weighted by Crippen LogP contribution is 2.32. The number of rotatable bonds is 8. The van der Waals surface area contributed by atoms with E-state index < -0.39 is 42.7 Å². The van der Waals surface area contributed by atoms with Gasteiger partial charge in [-0.05, 0) is 85.5 Å². The number of primary amides is 1. The van der Waals surface area contributed by atoms with Crippen LogP contribution >= 0.6 is 0 Å². The number of carbonyl (C=O) groups excluding carboxylic acids is 3. The van der Waals surface area contributed by atoms with Gasteiger partial charge in [0.2, 0.25) is 11.8 Å². The Labute approximate surface area is 321 Å². The molecule has 310 valence electrons. The van der Waals surface area contributed by atoms with E-state index in [0.717, 1.165) is 48.9 Å². The Balaban J connectivity index is 0.000000297. The number of fused-ring (bicyclic) bond motifs is 1. The number of amides is 3. The second-order valence-corrected chi connectivity index (χ2v) is 12.6. The fourth-order valence-electron chi connectivity index (χ4n) is 5.55. The fourth-order valence-corrected chi connectivity index (χ4v) is 5.55. The molecule has 3 aromatic carbocycles. The number of carboxylic acids is 3. The Morgan fingerprint density at radius 3 is 1.81 bits per heavy atom. The Bertz CT molecular complexity index is 1840. The molecule has 57 heavy (non-hydrogen) atoms. The maximum Gasteiger partial charge on any atom is 0.490 e. The summed E-state index contributed by atoms with van der Waals surface area (Å²) in [7, 11) is 0. The second kappa shape index (κ2) is 21.3. The topological polar surface area (TPSA) is 248 Å². The number of carboxylic acid groups (broad SMARTS) is 3. The molecule has 1 saturated carbocycles. The van der Waals surface area contributed by atoms with E-state index in [1.807, 2.05) is 23.1 Å². The quantitative estimate of drug-likeness (QED) is 0.170. The minimum absolute atomic E-state index is 0.154. The molecule has 0 radical (unpaired) electrons. The Morgan fingerprint density at radius 1 is 0.754 bits per heavy atom. The van der Waals surface area contributed by atoms with Crippen molar-refractivity contribution in [2.45, 2.75) is 63.5 Å². The van der Waals surface area contributed by atoms with Gasteiger partial charge in [0.25, 0.3) is 5.91 Å². The number of hydrogen-bond acceptors (Lipinski definition) is 8. The van der Waals surface area contributed by atoms with Gasteiger partial charge in [-0.15, -0.1) is 0 Å². The Kier molecular flexibility index (Phi) is 17.6. The van der Waals surface area contributed by atoms with Gasteiger partial charge < -0.3 is 37.4 Å². The summed E-state index contributed by atoms with van der Waals surface area (Å²) in [6.45, 7) is 0.629. The highest BCUT2D eigenvalue weighted by molar-refractivity contribution is 6.08. The molecule has 1 aliphatic heterocycles. The van der Waals surface area contributed by atoms with Crippen LogP contribution in [-0.4, -0.2) is 82.4 Å². The van der Waals surface area contributed by atoms with Gasteiger partial charge in [0.15, 0.2) is 0 Å². The third-order valence-corrected chi connectivity index (χ3v) is 8.42. The van der Waals surface area contributed by atoms with E-state index in [-0.39, 0.29) is 11.8 Å². The van der Waals surface area contributed by atoms with Gasteiger partial charge in [-0.1, -0.05) is 36.4 Å². The van der Waals surface area contributed by atoms with Crippen molar-refractivity contribution in [3.05, 3.63) is 95.1 Å². The number of alkyl halides is 6. The highest BCUT2D eigenvalue weighted by atomic mass is 19.4. The lowest BCUT2D eigenvalue weighted by molar-refractivity contribution is -0.193. The molecule has 0 spiro atoms. The summed E-state index contributed by atoms with van der Waals surface area (Å²) in [6.07, 6.45) is -4.65. The van der Waals surface area contributed by atoms with Crippen LogP contribution in [0.4, 0.5) is 37.7 Å². The molecule has 1 heterocycles. The van der Waals surface area contributed by atoms with Crippen LogP contribution in [0.1, 0.15) is 63.9 Å². The average molecular weight is 814 g/mol. The molecule has 0 unspecified atom stereocenters. The van der Waals surface area contributed by atoms with Crippen LogP contribution < -0.4 is 27.0 Å². The zero-order valence-corrected chi connectivity index (χ0v) is 30.1. The average Bonchev–Trinajstić information content (AvgIpc) is 3.58. The van der Waals surface area contributed by atoms with Gasteiger partial charge in [-0.2, -0.15) is 26.3 Å². The number of benzene rings is 3. The SMILES string of the molecule is NC(=O)c1ccc2c(c1)N(C(=O)CC1CCC(N)CC1)CC2.NCc1cccc(C(=O)N(CC(=O)O)c2ccccc2)c1.O=C(O)C(F)(F)F.O=C(O)C(F)(F)F. The van der Waals surface area contributed by atoms with Crippen molar-refractivity contribution >= 4 is 47.0 Å². The first-order valence-corrected chi connectivity index (χ1v) is 17.0. The van der Waals surface area contributed by atoms with Crippen molar-refractivity contribution in [1.82, 2.24) is 0 Å². The van der Waals surface area contributed by atoms with Gasteiger partial charge in [-0.3, -0.25) is 24.1 Å². The molecule has 0 bridgehead atoms. The predicted molar refractivity (Wildman–Crippen MR) is 193 cm³/mol. The van der Waals surface area contributed by atoms with E-state index in [4.69, 9.17) is 42.1 Å². The molecule has 9 N–H and O–H groups in total. The third-order valence-electron chi connectivity index (χ3n) is 8.42. The van der Waals surface area contributed by atoms with Crippen LogP contribution in [0.25, 0.3) is 0 Å². The molecule has 2 aliphatic rings. The van der Waals surface area contributed by atoms with E-state index in [0.29, 0.717) is 48.3 Å². The van der Waals surface area contributed by atoms with E-state index >= 15 is 0 Å². The van der Waals surface area contributed by atoms with Crippen molar-refractivity contribution in [2.75, 3.05) is 22.9 Å². The predicted octanol–water partition coefficient (Wildman–Crippen LogP) is 4.73. The van der Waals surface area contributed by atoms with E-state index in [2.05, 4.69) is 0 Å². The Morgan fingerprint density at radius 2 is 1.32 bits per heavy atom. The minimum Gasteiger partial charge on any atom is -0.480 e. The van der Waals surface area contributed by atoms with Crippen LogP contribution in [0.15, 0.2) is 72.8 Å². The lowest BCUT2D eigenvalue weighted by Crippen LogP contribution is -2.35. The van der Waals surface area contributed by atoms with Crippen molar-refractivity contribution in [2.24, 2.45) is 23.1 Å². The summed E-state index contributed by atoms with van der Waals surface area (Å²) in [5, 5.41) is 23.3. The number of anilines is 2. The molecule has 0 saturated heterocycles. The van der Waals surface area contributed by atoms with Gasteiger partial charge in [0.1, 0.15) is 6.54 Å². The molecule has 3 amide bonds. The van der Waals surface area contributed by atoms with Crippen molar-refractivity contribution in [1.29, 1.82) is 0 Å². The molecule has 1 aliphatic carbocycles. The van der Waals surface area contributed by atoms with Crippen LogP contribution in [-0.2, 0) is 32.1 Å². The van der Waals surface area contributed by atoms with Gasteiger partial charge >= 0.3 is 30.3 Å². The maximum atomic E-state index is 12.6. The van der Waals surface area contributed by atoms with E-state index in [9.17, 15) is 45.5 Å². The number of para-hydroxylation sites is 1. The van der Waals surface area contributed by atoms with Gasteiger partial charge in [0, 0.05) is 48.1 Å².